The van der Waals surface area contributed by atoms with Gasteiger partial charge in [-0.05, 0) is 80.9 Å². The van der Waals surface area contributed by atoms with Crippen molar-refractivity contribution in [1.82, 2.24) is 9.97 Å². The van der Waals surface area contributed by atoms with E-state index in [2.05, 4.69) is 23.2 Å². The number of rotatable bonds is 5. The fraction of sp³-hybridized carbons (Fsp3) is 0.423. The highest BCUT2D eigenvalue weighted by atomic mass is 16.4. The highest BCUT2D eigenvalue weighted by Crippen LogP contribution is 2.38. The Morgan fingerprint density at radius 2 is 1.81 bits per heavy atom. The van der Waals surface area contributed by atoms with Gasteiger partial charge in [0.1, 0.15) is 5.82 Å². The van der Waals surface area contributed by atoms with Crippen molar-refractivity contribution in [3.05, 3.63) is 59.6 Å². The van der Waals surface area contributed by atoms with Crippen molar-refractivity contribution < 1.29 is 9.90 Å². The number of hydrogen-bond acceptors (Lipinski definition) is 3. The van der Waals surface area contributed by atoms with E-state index in [1.807, 2.05) is 24.4 Å². The van der Waals surface area contributed by atoms with Crippen LogP contribution in [0.25, 0.3) is 16.6 Å². The Bertz CT molecular complexity index is 1080. The number of imidazole rings is 1. The maximum atomic E-state index is 10.9. The number of aliphatic imine (C=N–C) groups is 1. The molecule has 1 aliphatic heterocycles. The van der Waals surface area contributed by atoms with Gasteiger partial charge in [-0.2, -0.15) is 0 Å². The fourth-order valence-corrected chi connectivity index (χ4v) is 5.28. The Balaban J connectivity index is 1.24. The largest absolute Gasteiger partial charge is 0.481 e. The Morgan fingerprint density at radius 3 is 2.48 bits per heavy atom. The zero-order valence-electron chi connectivity index (χ0n) is 17.8. The van der Waals surface area contributed by atoms with Crippen LogP contribution in [0, 0.1) is 11.8 Å². The minimum Gasteiger partial charge on any atom is -0.481 e. The van der Waals surface area contributed by atoms with Crippen molar-refractivity contribution in [2.24, 2.45) is 16.8 Å². The molecule has 5 rings (SSSR count). The molecule has 5 nitrogen and oxygen atoms in total. The number of carbonyl (C=O) groups is 1. The van der Waals surface area contributed by atoms with E-state index >= 15 is 0 Å². The van der Waals surface area contributed by atoms with Crippen molar-refractivity contribution >= 4 is 28.3 Å². The van der Waals surface area contributed by atoms with Crippen LogP contribution in [0.1, 0.15) is 63.6 Å². The van der Waals surface area contributed by atoms with Gasteiger partial charge in [0.25, 0.3) is 0 Å². The molecule has 0 unspecified atom stereocenters. The van der Waals surface area contributed by atoms with Gasteiger partial charge in [-0.25, -0.2) is 4.98 Å². The van der Waals surface area contributed by atoms with E-state index in [1.165, 1.54) is 16.9 Å². The van der Waals surface area contributed by atoms with Crippen LogP contribution in [0.3, 0.4) is 0 Å². The molecule has 2 heterocycles. The average Bonchev–Trinajstić information content (AvgIpc) is 3.24. The van der Waals surface area contributed by atoms with Crippen molar-refractivity contribution in [1.29, 1.82) is 0 Å². The lowest BCUT2D eigenvalue weighted by atomic mass is 9.75. The number of nitrogens with one attached hydrogen (secondary N) is 1. The smallest absolute Gasteiger partial charge is 0.303 e. The molecule has 1 saturated carbocycles. The van der Waals surface area contributed by atoms with Gasteiger partial charge in [0.05, 0.1) is 11.0 Å². The van der Waals surface area contributed by atoms with E-state index in [1.54, 1.807) is 5.57 Å². The van der Waals surface area contributed by atoms with Crippen LogP contribution in [0.2, 0.25) is 0 Å². The summed E-state index contributed by atoms with van der Waals surface area (Å²) in [6.07, 6.45) is 15.4. The summed E-state index contributed by atoms with van der Waals surface area (Å²) in [4.78, 5) is 23.9. The van der Waals surface area contributed by atoms with Crippen LogP contribution in [-0.2, 0) is 4.79 Å². The van der Waals surface area contributed by atoms with Crippen molar-refractivity contribution in [2.75, 3.05) is 0 Å². The van der Waals surface area contributed by atoms with Crippen molar-refractivity contribution in [3.8, 4) is 0 Å². The second kappa shape index (κ2) is 8.66. The molecule has 5 heteroatoms. The number of benzene rings is 1. The number of nitrogens with zero attached hydrogens (tertiary/aromatic N) is 2. The van der Waals surface area contributed by atoms with Gasteiger partial charge in [0.2, 0.25) is 0 Å². The third-order valence-corrected chi connectivity index (χ3v) is 7.09. The summed E-state index contributed by atoms with van der Waals surface area (Å²) in [5.41, 5.74) is 7.36. The molecule has 0 spiro atoms. The molecular weight excluding hydrogens is 386 g/mol. The SMILES string of the molecule is O=C(O)CC1CCC(C2=CC=C(C3=NC=C(c4nc5ccccc5[nH]4)CC3)CC2)CC1. The Hall–Kier alpha value is -2.95. The summed E-state index contributed by atoms with van der Waals surface area (Å²) in [6.45, 7) is 0. The highest BCUT2D eigenvalue weighted by Gasteiger charge is 2.26. The molecule has 0 bridgehead atoms. The van der Waals surface area contributed by atoms with Crippen LogP contribution < -0.4 is 0 Å². The van der Waals surface area contributed by atoms with Gasteiger partial charge < -0.3 is 10.1 Å². The minimum atomic E-state index is -0.654. The molecule has 0 radical (unpaired) electrons. The van der Waals surface area contributed by atoms with Crippen LogP contribution >= 0.6 is 0 Å². The molecule has 31 heavy (non-hydrogen) atoms. The Morgan fingerprint density at radius 1 is 1.00 bits per heavy atom. The van der Waals surface area contributed by atoms with Gasteiger partial charge in [-0.3, -0.25) is 9.79 Å². The first-order valence-corrected chi connectivity index (χ1v) is 11.5. The lowest BCUT2D eigenvalue weighted by Gasteiger charge is -2.31. The molecule has 3 aliphatic rings. The van der Waals surface area contributed by atoms with E-state index in [0.29, 0.717) is 18.3 Å². The number of aromatic nitrogens is 2. The summed E-state index contributed by atoms with van der Waals surface area (Å²) in [6, 6.07) is 8.12. The lowest BCUT2D eigenvalue weighted by Crippen LogP contribution is -2.19. The normalized spacial score (nSPS) is 24.3. The first-order chi connectivity index (χ1) is 15.2. The van der Waals surface area contributed by atoms with E-state index in [-0.39, 0.29) is 0 Å². The molecule has 1 fully saturated rings. The summed E-state index contributed by atoms with van der Waals surface area (Å²) < 4.78 is 0. The molecule has 160 valence electrons. The second-order valence-electron chi connectivity index (χ2n) is 9.08. The fourth-order valence-electron chi connectivity index (χ4n) is 5.28. The Labute approximate surface area is 182 Å². The maximum absolute atomic E-state index is 10.9. The summed E-state index contributed by atoms with van der Waals surface area (Å²) in [5, 5.41) is 9.01. The zero-order valence-corrected chi connectivity index (χ0v) is 17.8. The lowest BCUT2D eigenvalue weighted by molar-refractivity contribution is -0.138. The van der Waals surface area contributed by atoms with Crippen LogP contribution in [0.15, 0.2) is 58.8 Å². The molecule has 2 aliphatic carbocycles. The quantitative estimate of drug-likeness (QED) is 0.622. The minimum absolute atomic E-state index is 0.333. The van der Waals surface area contributed by atoms with Crippen LogP contribution in [-0.4, -0.2) is 26.8 Å². The van der Waals surface area contributed by atoms with E-state index < -0.39 is 5.97 Å². The third kappa shape index (κ3) is 4.41. The Kier molecular flexibility index (Phi) is 5.58. The van der Waals surface area contributed by atoms with Gasteiger partial charge in [-0.1, -0.05) is 29.9 Å². The van der Waals surface area contributed by atoms with Gasteiger partial charge in [0.15, 0.2) is 0 Å². The summed E-state index contributed by atoms with van der Waals surface area (Å²) >= 11 is 0. The molecule has 1 aromatic carbocycles. The van der Waals surface area contributed by atoms with Gasteiger partial charge >= 0.3 is 5.97 Å². The van der Waals surface area contributed by atoms with Crippen LogP contribution in [0.4, 0.5) is 0 Å². The monoisotopic (exact) mass is 415 g/mol. The molecule has 2 aromatic rings. The number of aliphatic carboxylic acids is 1. The number of carboxylic acid groups (broad SMARTS) is 1. The number of H-pyrrole nitrogens is 1. The topological polar surface area (TPSA) is 78.3 Å². The number of aromatic amines is 1. The maximum Gasteiger partial charge on any atom is 0.303 e. The summed E-state index contributed by atoms with van der Waals surface area (Å²) in [7, 11) is 0. The molecule has 0 atom stereocenters. The first kappa shape index (κ1) is 20.0. The summed E-state index contributed by atoms with van der Waals surface area (Å²) in [5.74, 6) is 1.28. The van der Waals surface area contributed by atoms with Crippen LogP contribution in [0.5, 0.6) is 0 Å². The number of allylic oxidation sites excluding steroid dienone is 5. The molecule has 2 N–H and O–H groups in total. The third-order valence-electron chi connectivity index (χ3n) is 7.09. The van der Waals surface area contributed by atoms with E-state index in [0.717, 1.165) is 68.2 Å². The molecular formula is C26H29N3O2. The number of carboxylic acids is 1. The average molecular weight is 416 g/mol. The van der Waals surface area contributed by atoms with E-state index in [9.17, 15) is 4.79 Å². The van der Waals surface area contributed by atoms with Gasteiger partial charge in [-0.15, -0.1) is 0 Å². The van der Waals surface area contributed by atoms with Crippen molar-refractivity contribution in [3.63, 3.8) is 0 Å². The first-order valence-electron chi connectivity index (χ1n) is 11.5. The molecule has 1 aromatic heterocycles. The molecule has 0 amide bonds. The zero-order chi connectivity index (χ0) is 21.2. The van der Waals surface area contributed by atoms with Gasteiger partial charge in [0, 0.05) is 23.9 Å². The predicted molar refractivity (Wildman–Crippen MR) is 124 cm³/mol. The second-order valence-corrected chi connectivity index (χ2v) is 9.08. The standard InChI is InChI=1S/C26H29N3O2/c30-25(31)15-17-5-7-18(8-6-17)19-9-11-20(12-10-19)22-14-13-21(16-27-22)26-28-23-3-1-2-4-24(23)29-26/h1-4,9,11,16-18H,5-8,10,12-15H2,(H,28,29)(H,30,31). The van der Waals surface area contributed by atoms with Crippen molar-refractivity contribution in [2.45, 2.75) is 57.8 Å². The number of fused-ring (bicyclic) bond motifs is 1. The predicted octanol–water partition coefficient (Wildman–Crippen LogP) is 6.07. The van der Waals surface area contributed by atoms with E-state index in [4.69, 9.17) is 15.1 Å². The highest BCUT2D eigenvalue weighted by molar-refractivity contribution is 6.03. The number of hydrogen-bond donors (Lipinski definition) is 2. The number of para-hydroxylation sites is 2. The molecule has 0 saturated heterocycles.